The lowest BCUT2D eigenvalue weighted by atomic mass is 9.70. The van der Waals surface area contributed by atoms with Crippen molar-refractivity contribution in [2.75, 3.05) is 34.0 Å². The average molecular weight is 571 g/mol. The molecule has 2 bridgehead atoms. The number of aliphatic hydroxyl groups excluding tert-OH is 1. The molecule has 220 valence electrons. The minimum absolute atomic E-state index is 0.196. The number of morpholine rings is 1. The maximum atomic E-state index is 13.2. The molecule has 0 radical (unpaired) electrons. The van der Waals surface area contributed by atoms with Gasteiger partial charge in [-0.3, -0.25) is 4.90 Å². The SMILES string of the molecule is COc1cc2c(c(OC)n1)[C@]1(O)[C@H](O)[C@H](CN3[C@@H]4CC[C@H]3COC4)[C@@H](c3ccccc3)[C@]1(c1ccc(C3CC3)cc1)O2. The summed E-state index contributed by atoms with van der Waals surface area (Å²) in [4.78, 5) is 7.05. The van der Waals surface area contributed by atoms with E-state index in [2.05, 4.69) is 46.3 Å². The summed E-state index contributed by atoms with van der Waals surface area (Å²) >= 11 is 0. The van der Waals surface area contributed by atoms with Crippen LogP contribution in [-0.4, -0.2) is 72.3 Å². The molecular weight excluding hydrogens is 532 g/mol. The van der Waals surface area contributed by atoms with Gasteiger partial charge in [-0.1, -0.05) is 54.6 Å². The van der Waals surface area contributed by atoms with Gasteiger partial charge in [0.2, 0.25) is 11.8 Å². The summed E-state index contributed by atoms with van der Waals surface area (Å²) in [5.74, 6) is 0.797. The second kappa shape index (κ2) is 9.67. The standard InChI is InChI=1S/C34H38N2O6/c1-39-28-16-27-30(32(35-28)40-2)33(38)31(37)26(17-36-24-14-15-25(36)19-41-18-24)29(22-6-4-3-5-7-22)34(33,42-27)23-12-10-21(11-13-23)20-8-9-20/h3-7,10-13,16,20,24-26,29,31,37-38H,8-9,14-15,17-19H2,1-2H3/t24-,25+,26-,29-,31-,33+,34+/m1/s1. The average Bonchev–Trinajstić information content (AvgIpc) is 3.78. The molecule has 2 N–H and O–H groups in total. The maximum absolute atomic E-state index is 13.2. The quantitative estimate of drug-likeness (QED) is 0.439. The summed E-state index contributed by atoms with van der Waals surface area (Å²) < 4.78 is 24.2. The van der Waals surface area contributed by atoms with Crippen LogP contribution >= 0.6 is 0 Å². The second-order valence-electron chi connectivity index (χ2n) is 12.7. The van der Waals surface area contributed by atoms with Crippen molar-refractivity contribution in [3.05, 3.63) is 82.9 Å². The number of pyridine rings is 1. The number of ether oxygens (including phenoxy) is 4. The molecule has 3 aromatic rings. The van der Waals surface area contributed by atoms with E-state index in [4.69, 9.17) is 18.9 Å². The first-order chi connectivity index (χ1) is 20.5. The molecule has 42 heavy (non-hydrogen) atoms. The molecular formula is C34H38N2O6. The lowest BCUT2D eigenvalue weighted by Gasteiger charge is -2.41. The Morgan fingerprint density at radius 3 is 2.29 bits per heavy atom. The van der Waals surface area contributed by atoms with E-state index in [1.807, 2.05) is 18.2 Å². The fraction of sp³-hybridized carbons (Fsp3) is 0.500. The number of nitrogens with zero attached hydrogens (tertiary/aromatic N) is 2. The van der Waals surface area contributed by atoms with Crippen molar-refractivity contribution in [2.24, 2.45) is 5.92 Å². The largest absolute Gasteiger partial charge is 0.481 e. The van der Waals surface area contributed by atoms with Crippen molar-refractivity contribution < 1.29 is 29.2 Å². The molecule has 3 aliphatic heterocycles. The van der Waals surface area contributed by atoms with Gasteiger partial charge in [0.1, 0.15) is 5.75 Å². The van der Waals surface area contributed by atoms with Crippen molar-refractivity contribution in [2.45, 2.75) is 66.9 Å². The van der Waals surface area contributed by atoms with Crippen LogP contribution in [0.15, 0.2) is 60.7 Å². The normalized spacial score (nSPS) is 35.0. The first kappa shape index (κ1) is 26.5. The van der Waals surface area contributed by atoms with E-state index in [9.17, 15) is 10.2 Å². The van der Waals surface area contributed by atoms with Gasteiger partial charge in [-0.05, 0) is 48.3 Å². The zero-order chi connectivity index (χ0) is 28.6. The van der Waals surface area contributed by atoms with Crippen LogP contribution in [0.3, 0.4) is 0 Å². The number of rotatable bonds is 7. The van der Waals surface area contributed by atoms with E-state index < -0.39 is 17.3 Å². The summed E-state index contributed by atoms with van der Waals surface area (Å²) in [6, 6.07) is 21.0. The van der Waals surface area contributed by atoms with E-state index >= 15 is 0 Å². The monoisotopic (exact) mass is 570 g/mol. The van der Waals surface area contributed by atoms with Gasteiger partial charge in [0.25, 0.3) is 0 Å². The molecule has 4 heterocycles. The van der Waals surface area contributed by atoms with E-state index in [1.54, 1.807) is 13.2 Å². The van der Waals surface area contributed by atoms with E-state index in [1.165, 1.54) is 25.5 Å². The molecule has 7 atom stereocenters. The number of benzene rings is 2. The second-order valence-corrected chi connectivity index (χ2v) is 12.7. The molecule has 2 saturated carbocycles. The lowest BCUT2D eigenvalue weighted by molar-refractivity contribution is -0.153. The maximum Gasteiger partial charge on any atom is 0.226 e. The molecule has 8 rings (SSSR count). The Hall–Kier alpha value is -3.17. The Morgan fingerprint density at radius 1 is 0.929 bits per heavy atom. The highest BCUT2D eigenvalue weighted by atomic mass is 16.5. The van der Waals surface area contributed by atoms with Gasteiger partial charge in [0.05, 0.1) is 39.1 Å². The highest BCUT2D eigenvalue weighted by Gasteiger charge is 2.77. The van der Waals surface area contributed by atoms with Crippen molar-refractivity contribution in [1.82, 2.24) is 9.88 Å². The number of aliphatic hydroxyl groups is 2. The summed E-state index contributed by atoms with van der Waals surface area (Å²) in [7, 11) is 3.06. The minimum Gasteiger partial charge on any atom is -0.481 e. The third kappa shape index (κ3) is 3.59. The fourth-order valence-electron chi connectivity index (χ4n) is 8.54. The molecule has 2 aromatic carbocycles. The zero-order valence-corrected chi connectivity index (χ0v) is 24.1. The summed E-state index contributed by atoms with van der Waals surface area (Å²) in [5, 5.41) is 25.8. The van der Waals surface area contributed by atoms with Gasteiger partial charge in [-0.15, -0.1) is 0 Å². The van der Waals surface area contributed by atoms with Crippen LogP contribution in [0.1, 0.15) is 59.8 Å². The van der Waals surface area contributed by atoms with Crippen LogP contribution in [0.4, 0.5) is 0 Å². The molecule has 1 aromatic heterocycles. The van der Waals surface area contributed by atoms with Gasteiger partial charge in [-0.2, -0.15) is 4.98 Å². The van der Waals surface area contributed by atoms with Crippen LogP contribution in [0.5, 0.6) is 17.5 Å². The first-order valence-electron chi connectivity index (χ1n) is 15.2. The predicted octanol–water partition coefficient (Wildman–Crippen LogP) is 4.09. The summed E-state index contributed by atoms with van der Waals surface area (Å²) in [5.41, 5.74) is 0.326. The molecule has 4 fully saturated rings. The van der Waals surface area contributed by atoms with Crippen molar-refractivity contribution >= 4 is 0 Å². The topological polar surface area (TPSA) is 93.5 Å². The Balaban J connectivity index is 1.35. The van der Waals surface area contributed by atoms with Gasteiger partial charge in [-0.25, -0.2) is 0 Å². The molecule has 0 spiro atoms. The molecule has 8 nitrogen and oxygen atoms in total. The Kier molecular flexibility index (Phi) is 6.09. The molecule has 0 amide bonds. The van der Waals surface area contributed by atoms with Gasteiger partial charge in [0, 0.05) is 36.5 Å². The molecule has 2 saturated heterocycles. The Labute approximate surface area is 246 Å². The first-order valence-corrected chi connectivity index (χ1v) is 15.2. The van der Waals surface area contributed by atoms with Gasteiger partial charge < -0.3 is 29.2 Å². The lowest BCUT2D eigenvalue weighted by Crippen LogP contribution is -2.52. The van der Waals surface area contributed by atoms with E-state index in [-0.39, 0.29) is 17.7 Å². The zero-order valence-electron chi connectivity index (χ0n) is 24.1. The molecule has 2 aliphatic carbocycles. The van der Waals surface area contributed by atoms with Crippen LogP contribution < -0.4 is 14.2 Å². The molecule has 5 aliphatic rings. The van der Waals surface area contributed by atoms with Gasteiger partial charge in [0.15, 0.2) is 11.2 Å². The highest BCUT2D eigenvalue weighted by molar-refractivity contribution is 5.60. The van der Waals surface area contributed by atoms with Crippen LogP contribution in [0.2, 0.25) is 0 Å². The molecule has 8 heteroatoms. The molecule has 0 unspecified atom stereocenters. The third-order valence-corrected chi connectivity index (χ3v) is 10.6. The smallest absolute Gasteiger partial charge is 0.226 e. The fourth-order valence-corrected chi connectivity index (χ4v) is 8.54. The van der Waals surface area contributed by atoms with Crippen molar-refractivity contribution in [3.63, 3.8) is 0 Å². The summed E-state index contributed by atoms with van der Waals surface area (Å²) in [6.45, 7) is 2.02. The van der Waals surface area contributed by atoms with E-state index in [0.29, 0.717) is 55.0 Å². The number of aromatic nitrogens is 1. The highest BCUT2D eigenvalue weighted by Crippen LogP contribution is 2.70. The number of fused-ring (bicyclic) bond motifs is 5. The summed E-state index contributed by atoms with van der Waals surface area (Å²) in [6.07, 6.45) is 3.40. The van der Waals surface area contributed by atoms with Crippen LogP contribution in [0, 0.1) is 5.92 Å². The predicted molar refractivity (Wildman–Crippen MR) is 155 cm³/mol. The number of hydrogen-bond donors (Lipinski definition) is 2. The Bertz CT molecular complexity index is 1460. The van der Waals surface area contributed by atoms with Gasteiger partial charge >= 0.3 is 0 Å². The van der Waals surface area contributed by atoms with Crippen LogP contribution in [0.25, 0.3) is 0 Å². The van der Waals surface area contributed by atoms with E-state index in [0.717, 1.165) is 24.0 Å². The van der Waals surface area contributed by atoms with Crippen molar-refractivity contribution in [3.8, 4) is 17.5 Å². The third-order valence-electron chi connectivity index (χ3n) is 10.6. The minimum atomic E-state index is -1.84. The van der Waals surface area contributed by atoms with Crippen LogP contribution in [-0.2, 0) is 15.9 Å². The Morgan fingerprint density at radius 2 is 1.64 bits per heavy atom. The number of methoxy groups -OCH3 is 2. The van der Waals surface area contributed by atoms with Crippen molar-refractivity contribution in [1.29, 1.82) is 0 Å². The number of hydrogen-bond acceptors (Lipinski definition) is 8.